The minimum absolute atomic E-state index is 0.121. The summed E-state index contributed by atoms with van der Waals surface area (Å²) in [5, 5.41) is 5.64. The molecule has 1 aromatic rings. The predicted molar refractivity (Wildman–Crippen MR) is 120 cm³/mol. The Hall–Kier alpha value is -2.10. The quantitative estimate of drug-likeness (QED) is 0.640. The SMILES string of the molecule is CN1/C(=C2/C=NN(c3ccccc3)P2(=O)N2CCCC2)C(C)(C)C2C=CC=CC21. The minimum Gasteiger partial charge on any atom is -0.370 e. The van der Waals surface area contributed by atoms with Gasteiger partial charge in [0.15, 0.2) is 0 Å². The molecule has 152 valence electrons. The van der Waals surface area contributed by atoms with Crippen LogP contribution in [0, 0.1) is 11.3 Å². The number of allylic oxidation sites excluding steroid dienone is 4. The van der Waals surface area contributed by atoms with Crippen molar-refractivity contribution in [1.29, 1.82) is 0 Å². The van der Waals surface area contributed by atoms with Crippen LogP contribution in [0.15, 0.2) is 70.7 Å². The maximum absolute atomic E-state index is 14.9. The van der Waals surface area contributed by atoms with E-state index in [-0.39, 0.29) is 5.41 Å². The molecule has 0 N–H and O–H groups in total. The fraction of sp³-hybridized carbons (Fsp3) is 0.435. The fourth-order valence-electron chi connectivity index (χ4n) is 5.49. The van der Waals surface area contributed by atoms with Crippen LogP contribution in [0.25, 0.3) is 0 Å². The summed E-state index contributed by atoms with van der Waals surface area (Å²) in [6, 6.07) is 10.3. The number of fused-ring (bicyclic) bond motifs is 1. The Kier molecular flexibility index (Phi) is 4.38. The predicted octanol–water partition coefficient (Wildman–Crippen LogP) is 5.08. The zero-order valence-electron chi connectivity index (χ0n) is 17.4. The molecule has 0 amide bonds. The second kappa shape index (κ2) is 6.72. The molecule has 3 unspecified atom stereocenters. The van der Waals surface area contributed by atoms with Gasteiger partial charge in [0.1, 0.15) is 0 Å². The molecule has 1 aromatic carbocycles. The van der Waals surface area contributed by atoms with Gasteiger partial charge in [-0.25, -0.2) is 4.67 Å². The molecule has 5 rings (SSSR count). The summed E-state index contributed by atoms with van der Waals surface area (Å²) in [5.74, 6) is 0.367. The Labute approximate surface area is 173 Å². The number of likely N-dealkylation sites (N-methyl/N-ethyl adjacent to an activating group) is 1. The minimum atomic E-state index is -3.05. The van der Waals surface area contributed by atoms with Gasteiger partial charge in [0.25, 0.3) is 7.44 Å². The third-order valence-electron chi connectivity index (χ3n) is 6.90. The van der Waals surface area contributed by atoms with E-state index >= 15 is 0 Å². The van der Waals surface area contributed by atoms with Gasteiger partial charge in [-0.05, 0) is 25.0 Å². The first-order chi connectivity index (χ1) is 14.0. The van der Waals surface area contributed by atoms with Gasteiger partial charge in [-0.3, -0.25) is 4.57 Å². The number of hydrazone groups is 1. The number of hydrogen-bond acceptors (Lipinski definition) is 3. The summed E-state index contributed by atoms with van der Waals surface area (Å²) in [6.07, 6.45) is 12.9. The number of benzene rings is 1. The number of nitrogens with zero attached hydrogens (tertiary/aromatic N) is 4. The topological polar surface area (TPSA) is 39.1 Å². The van der Waals surface area contributed by atoms with Crippen molar-refractivity contribution in [1.82, 2.24) is 9.57 Å². The third kappa shape index (κ3) is 2.64. The summed E-state index contributed by atoms with van der Waals surface area (Å²) in [7, 11) is -0.901. The van der Waals surface area contributed by atoms with Crippen molar-refractivity contribution in [3.05, 3.63) is 65.6 Å². The molecular weight excluding hydrogens is 379 g/mol. The Morgan fingerprint density at radius 2 is 1.76 bits per heavy atom. The van der Waals surface area contributed by atoms with E-state index in [1.807, 2.05) is 36.5 Å². The second-order valence-electron chi connectivity index (χ2n) is 8.93. The molecule has 29 heavy (non-hydrogen) atoms. The summed E-state index contributed by atoms with van der Waals surface area (Å²) in [4.78, 5) is 2.34. The van der Waals surface area contributed by atoms with Crippen LogP contribution >= 0.6 is 7.44 Å². The highest BCUT2D eigenvalue weighted by atomic mass is 31.2. The smallest absolute Gasteiger partial charge is 0.292 e. The maximum Gasteiger partial charge on any atom is 0.292 e. The fourth-order valence-corrected chi connectivity index (χ4v) is 8.62. The molecule has 0 aromatic heterocycles. The molecule has 2 fully saturated rings. The molecule has 0 saturated carbocycles. The van der Waals surface area contributed by atoms with Gasteiger partial charge in [-0.15, -0.1) is 0 Å². The van der Waals surface area contributed by atoms with Crippen molar-refractivity contribution < 1.29 is 4.57 Å². The average molecular weight is 408 g/mol. The van der Waals surface area contributed by atoms with Crippen LogP contribution in [0.5, 0.6) is 0 Å². The lowest BCUT2D eigenvalue weighted by Crippen LogP contribution is -2.29. The van der Waals surface area contributed by atoms with E-state index in [2.05, 4.69) is 54.8 Å². The average Bonchev–Trinajstić information content (AvgIpc) is 3.42. The van der Waals surface area contributed by atoms with Gasteiger partial charge in [0.05, 0.1) is 23.3 Å². The van der Waals surface area contributed by atoms with Crippen LogP contribution in [0.3, 0.4) is 0 Å². The number of likely N-dealkylation sites (tertiary alicyclic amines) is 1. The molecule has 3 atom stereocenters. The Morgan fingerprint density at radius 3 is 2.45 bits per heavy atom. The largest absolute Gasteiger partial charge is 0.370 e. The van der Waals surface area contributed by atoms with Crippen LogP contribution < -0.4 is 4.78 Å². The number of para-hydroxylation sites is 1. The van der Waals surface area contributed by atoms with Gasteiger partial charge in [-0.2, -0.15) is 9.88 Å². The first-order valence-electron chi connectivity index (χ1n) is 10.5. The van der Waals surface area contributed by atoms with Crippen molar-refractivity contribution >= 4 is 19.3 Å². The molecule has 5 nitrogen and oxygen atoms in total. The van der Waals surface area contributed by atoms with E-state index < -0.39 is 7.44 Å². The maximum atomic E-state index is 14.9. The number of hydrogen-bond donors (Lipinski definition) is 0. The van der Waals surface area contributed by atoms with Gasteiger partial charge >= 0.3 is 0 Å². The highest BCUT2D eigenvalue weighted by Gasteiger charge is 2.54. The van der Waals surface area contributed by atoms with Crippen molar-refractivity contribution in [3.63, 3.8) is 0 Å². The molecule has 3 aliphatic heterocycles. The van der Waals surface area contributed by atoms with E-state index in [4.69, 9.17) is 5.10 Å². The highest BCUT2D eigenvalue weighted by Crippen LogP contribution is 2.68. The molecular formula is C23H29N4OP. The van der Waals surface area contributed by atoms with Crippen molar-refractivity contribution in [2.75, 3.05) is 24.9 Å². The molecule has 3 heterocycles. The normalized spacial score (nSPS) is 35.7. The first-order valence-corrected chi connectivity index (χ1v) is 12.1. The van der Waals surface area contributed by atoms with Crippen LogP contribution in [-0.2, 0) is 4.57 Å². The van der Waals surface area contributed by atoms with Crippen LogP contribution in [0.1, 0.15) is 26.7 Å². The van der Waals surface area contributed by atoms with Gasteiger partial charge in [0, 0.05) is 37.2 Å². The molecule has 6 heteroatoms. The van der Waals surface area contributed by atoms with E-state index in [1.54, 1.807) is 4.78 Å². The molecule has 4 aliphatic rings. The molecule has 0 spiro atoms. The summed E-state index contributed by atoms with van der Waals surface area (Å²) < 4.78 is 18.9. The number of rotatable bonds is 2. The zero-order chi connectivity index (χ0) is 20.2. The Morgan fingerprint density at radius 1 is 1.07 bits per heavy atom. The van der Waals surface area contributed by atoms with Crippen LogP contribution in [-0.4, -0.2) is 42.0 Å². The first kappa shape index (κ1) is 18.9. The van der Waals surface area contributed by atoms with E-state index in [0.29, 0.717) is 12.0 Å². The van der Waals surface area contributed by atoms with E-state index in [0.717, 1.165) is 36.9 Å². The molecule has 0 bridgehead atoms. The van der Waals surface area contributed by atoms with Crippen LogP contribution in [0.2, 0.25) is 0 Å². The van der Waals surface area contributed by atoms with Gasteiger partial charge < -0.3 is 4.90 Å². The monoisotopic (exact) mass is 408 g/mol. The van der Waals surface area contributed by atoms with E-state index in [9.17, 15) is 4.57 Å². The molecule has 2 saturated heterocycles. The summed E-state index contributed by atoms with van der Waals surface area (Å²) in [5.41, 5.74) is 1.94. The zero-order valence-corrected chi connectivity index (χ0v) is 18.3. The van der Waals surface area contributed by atoms with Crippen molar-refractivity contribution in [2.45, 2.75) is 32.7 Å². The van der Waals surface area contributed by atoms with Crippen LogP contribution in [0.4, 0.5) is 5.69 Å². The standard InChI is InChI=1S/C23H29N4OP/c1-23(2)19-13-7-8-14-20(19)25(3)22(23)21-17-24-27(18-11-5-4-6-12-18)29(21,28)26-15-9-10-16-26/h4-8,11-14,17,19-20H,9-10,15-16H2,1-3H3/b22-21-. The summed E-state index contributed by atoms with van der Waals surface area (Å²) in [6.45, 7) is 6.29. The second-order valence-corrected chi connectivity index (χ2v) is 11.4. The molecule has 1 aliphatic carbocycles. The van der Waals surface area contributed by atoms with Gasteiger partial charge in [0.2, 0.25) is 0 Å². The number of anilines is 1. The Balaban J connectivity index is 1.70. The van der Waals surface area contributed by atoms with E-state index in [1.165, 1.54) is 5.70 Å². The third-order valence-corrected chi connectivity index (χ3v) is 9.87. The Bertz CT molecular complexity index is 972. The molecule has 0 radical (unpaired) electrons. The van der Waals surface area contributed by atoms with Gasteiger partial charge in [-0.1, -0.05) is 56.4 Å². The van der Waals surface area contributed by atoms with Crippen molar-refractivity contribution in [2.24, 2.45) is 16.4 Å². The van der Waals surface area contributed by atoms with Crippen molar-refractivity contribution in [3.8, 4) is 0 Å². The lowest BCUT2D eigenvalue weighted by Gasteiger charge is -2.35. The highest BCUT2D eigenvalue weighted by molar-refractivity contribution is 7.69. The lowest BCUT2D eigenvalue weighted by atomic mass is 9.75. The lowest BCUT2D eigenvalue weighted by molar-refractivity contribution is 0.344. The summed E-state index contributed by atoms with van der Waals surface area (Å²) >= 11 is 0.